The van der Waals surface area contributed by atoms with Crippen molar-refractivity contribution in [2.45, 2.75) is 115 Å². The van der Waals surface area contributed by atoms with Gasteiger partial charge in [-0.2, -0.15) is 0 Å². The van der Waals surface area contributed by atoms with E-state index < -0.39 is 0 Å². The molecule has 0 aliphatic rings. The second kappa shape index (κ2) is 20.7. The Morgan fingerprint density at radius 1 is 0.441 bits per heavy atom. The van der Waals surface area contributed by atoms with Crippen molar-refractivity contribution in [2.75, 3.05) is 32.6 Å². The van der Waals surface area contributed by atoms with Crippen LogP contribution in [-0.2, 0) is 21.7 Å². The van der Waals surface area contributed by atoms with E-state index in [9.17, 15) is 5.11 Å². The second-order valence-corrected chi connectivity index (χ2v) is 23.7. The van der Waals surface area contributed by atoms with E-state index in [1.165, 1.54) is 16.0 Å². The number of thioether (sulfide) groups is 2. The molecule has 0 radical (unpaired) electrons. The summed E-state index contributed by atoms with van der Waals surface area (Å²) in [7, 11) is 0. The van der Waals surface area contributed by atoms with Crippen molar-refractivity contribution in [1.82, 2.24) is 0 Å². The first kappa shape index (κ1) is 49.9. The number of phenols is 1. The maximum atomic E-state index is 11.1. The van der Waals surface area contributed by atoms with Gasteiger partial charge in [-0.05, 0) is 143 Å². The van der Waals surface area contributed by atoms with E-state index in [4.69, 9.17) is 4.74 Å². The standard InChI is InChI=1S/C60H70N4O2S2/c1-57(2,3)51-35-49(36-52(55(51)65)58(4,5)6)67-39-61-41-23-25-43(26-24-41)63-45-29-33-48(34-30-45)66-56-53(59(7,8)9)37-50(38-54(56)60(10,11)12)68-40-64(46-21-17-14-18-22-46)47-31-27-44(28-32-47)62-42-19-15-13-16-20-42/h13-38,61-63,65H,39-40H2,1-12H3. The van der Waals surface area contributed by atoms with Gasteiger partial charge in [-0.1, -0.05) is 119 Å². The highest BCUT2D eigenvalue weighted by Crippen LogP contribution is 2.46. The molecule has 0 bridgehead atoms. The monoisotopic (exact) mass is 942 g/mol. The molecule has 0 aliphatic heterocycles. The fourth-order valence-corrected chi connectivity index (χ4v) is 9.75. The lowest BCUT2D eigenvalue weighted by Gasteiger charge is -2.31. The molecular weight excluding hydrogens is 873 g/mol. The normalized spacial score (nSPS) is 12.1. The molecule has 0 spiro atoms. The Balaban J connectivity index is 1.03. The van der Waals surface area contributed by atoms with Gasteiger partial charge in [-0.25, -0.2) is 0 Å². The number of ether oxygens (including phenoxy) is 1. The predicted octanol–water partition coefficient (Wildman–Crippen LogP) is 17.9. The van der Waals surface area contributed by atoms with Crippen molar-refractivity contribution >= 4 is 63.3 Å². The summed E-state index contributed by atoms with van der Waals surface area (Å²) in [6.45, 7) is 26.5. The van der Waals surface area contributed by atoms with E-state index in [-0.39, 0.29) is 21.7 Å². The van der Waals surface area contributed by atoms with Crippen LogP contribution < -0.4 is 25.6 Å². The summed E-state index contributed by atoms with van der Waals surface area (Å²) in [6.07, 6.45) is 0. The summed E-state index contributed by atoms with van der Waals surface area (Å²) in [6, 6.07) is 55.2. The number of rotatable bonds is 15. The minimum Gasteiger partial charge on any atom is -0.507 e. The Bertz CT molecular complexity index is 2680. The fourth-order valence-electron chi connectivity index (χ4n) is 7.97. The lowest BCUT2D eigenvalue weighted by molar-refractivity contribution is 0.422. The third-order valence-corrected chi connectivity index (χ3v) is 13.6. The van der Waals surface area contributed by atoms with Crippen LogP contribution in [0.5, 0.6) is 17.2 Å². The SMILES string of the molecule is CC(C)(C)c1cc(SCNc2ccc(Nc3ccc(Oc4c(C(C)(C)C)cc(SCN(c5ccccc5)c5ccc(Nc6ccccc6)cc5)cc4C(C)(C)C)cc3)cc2)cc(C(C)(C)C)c1O. The first-order valence-corrected chi connectivity index (χ1v) is 25.6. The molecule has 7 aromatic rings. The summed E-state index contributed by atoms with van der Waals surface area (Å²) in [5.74, 6) is 3.57. The Hall–Kier alpha value is -5.96. The number of nitrogens with zero attached hydrogens (tertiary/aromatic N) is 1. The summed E-state index contributed by atoms with van der Waals surface area (Å²) in [4.78, 5) is 4.73. The molecule has 0 aliphatic carbocycles. The molecule has 7 aromatic carbocycles. The maximum Gasteiger partial charge on any atom is 0.134 e. The van der Waals surface area contributed by atoms with Gasteiger partial charge in [0.15, 0.2) is 0 Å². The topological polar surface area (TPSA) is 68.8 Å². The molecule has 0 atom stereocenters. The van der Waals surface area contributed by atoms with Gasteiger partial charge < -0.3 is 30.7 Å². The molecule has 7 rings (SSSR count). The van der Waals surface area contributed by atoms with Crippen molar-refractivity contribution in [1.29, 1.82) is 0 Å². The summed E-state index contributed by atoms with van der Waals surface area (Å²) in [5, 5.41) is 21.8. The van der Waals surface area contributed by atoms with Gasteiger partial charge in [0.1, 0.15) is 17.2 Å². The average molecular weight is 943 g/mol. The van der Waals surface area contributed by atoms with Gasteiger partial charge in [0, 0.05) is 71.9 Å². The van der Waals surface area contributed by atoms with E-state index >= 15 is 0 Å². The Morgan fingerprint density at radius 3 is 1.31 bits per heavy atom. The van der Waals surface area contributed by atoms with Gasteiger partial charge >= 0.3 is 0 Å². The molecule has 0 saturated heterocycles. The largest absolute Gasteiger partial charge is 0.507 e. The molecule has 0 heterocycles. The Labute approximate surface area is 415 Å². The number of aromatic hydroxyl groups is 1. The molecule has 0 aromatic heterocycles. The number of hydrogen-bond donors (Lipinski definition) is 4. The first-order chi connectivity index (χ1) is 32.1. The number of nitrogens with one attached hydrogen (secondary N) is 3. The van der Waals surface area contributed by atoms with Crippen molar-refractivity contribution in [3.05, 3.63) is 180 Å². The van der Waals surface area contributed by atoms with Gasteiger partial charge in [0.05, 0.1) is 11.8 Å². The molecule has 0 saturated carbocycles. The Kier molecular flexibility index (Phi) is 15.2. The van der Waals surface area contributed by atoms with Crippen LogP contribution in [0.2, 0.25) is 0 Å². The van der Waals surface area contributed by atoms with Crippen molar-refractivity contribution < 1.29 is 9.84 Å². The van der Waals surface area contributed by atoms with Crippen LogP contribution >= 0.6 is 23.5 Å². The molecule has 0 amide bonds. The zero-order chi connectivity index (χ0) is 48.9. The molecule has 68 heavy (non-hydrogen) atoms. The third-order valence-electron chi connectivity index (χ3n) is 11.8. The van der Waals surface area contributed by atoms with Crippen LogP contribution in [0.15, 0.2) is 168 Å². The molecule has 4 N–H and O–H groups in total. The third kappa shape index (κ3) is 13.0. The van der Waals surface area contributed by atoms with E-state index in [1.807, 2.05) is 30.0 Å². The van der Waals surface area contributed by atoms with Crippen LogP contribution in [0.4, 0.5) is 39.8 Å². The zero-order valence-electron chi connectivity index (χ0n) is 42.0. The van der Waals surface area contributed by atoms with Gasteiger partial charge in [-0.3, -0.25) is 0 Å². The highest BCUT2D eigenvalue weighted by Gasteiger charge is 2.30. The summed E-state index contributed by atoms with van der Waals surface area (Å²) < 4.78 is 6.93. The minimum atomic E-state index is -0.176. The highest BCUT2D eigenvalue weighted by atomic mass is 32.2. The van der Waals surface area contributed by atoms with Crippen LogP contribution in [0, 0.1) is 0 Å². The molecule has 0 fully saturated rings. The van der Waals surface area contributed by atoms with Crippen molar-refractivity contribution in [2.24, 2.45) is 0 Å². The van der Waals surface area contributed by atoms with Crippen LogP contribution in [0.3, 0.4) is 0 Å². The highest BCUT2D eigenvalue weighted by molar-refractivity contribution is 7.99. The number of phenolic OH excluding ortho intramolecular Hbond substituents is 1. The number of benzene rings is 7. The number of anilines is 7. The predicted molar refractivity (Wildman–Crippen MR) is 295 cm³/mol. The maximum absolute atomic E-state index is 11.1. The smallest absolute Gasteiger partial charge is 0.134 e. The average Bonchev–Trinajstić information content (AvgIpc) is 3.28. The van der Waals surface area contributed by atoms with E-state index in [1.54, 1.807) is 11.8 Å². The van der Waals surface area contributed by atoms with E-state index in [0.29, 0.717) is 11.6 Å². The second-order valence-electron chi connectivity index (χ2n) is 21.6. The molecule has 354 valence electrons. The van der Waals surface area contributed by atoms with Gasteiger partial charge in [0.25, 0.3) is 0 Å². The van der Waals surface area contributed by atoms with Crippen LogP contribution in [0.25, 0.3) is 0 Å². The summed E-state index contributed by atoms with van der Waals surface area (Å²) >= 11 is 3.59. The van der Waals surface area contributed by atoms with Crippen LogP contribution in [0.1, 0.15) is 105 Å². The lowest BCUT2D eigenvalue weighted by atomic mass is 9.79. The molecule has 6 nitrogen and oxygen atoms in total. The van der Waals surface area contributed by atoms with Gasteiger partial charge in [0.2, 0.25) is 0 Å². The van der Waals surface area contributed by atoms with E-state index in [0.717, 1.165) is 73.2 Å². The summed E-state index contributed by atoms with van der Waals surface area (Å²) in [5.41, 5.74) is 11.1. The number of para-hydroxylation sites is 2. The lowest BCUT2D eigenvalue weighted by Crippen LogP contribution is -2.20. The first-order valence-electron chi connectivity index (χ1n) is 23.6. The van der Waals surface area contributed by atoms with Crippen LogP contribution in [-0.4, -0.2) is 16.9 Å². The fraction of sp³-hybridized carbons (Fsp3) is 0.300. The Morgan fingerprint density at radius 2 is 0.824 bits per heavy atom. The van der Waals surface area contributed by atoms with Crippen molar-refractivity contribution in [3.8, 4) is 17.2 Å². The van der Waals surface area contributed by atoms with E-state index in [2.05, 4.69) is 243 Å². The molecule has 8 heteroatoms. The zero-order valence-corrected chi connectivity index (χ0v) is 43.7. The quantitative estimate of drug-likeness (QED) is 0.0599. The minimum absolute atomic E-state index is 0.160. The molecule has 0 unspecified atom stereocenters. The number of hydrogen-bond acceptors (Lipinski definition) is 8. The molecular formula is C60H70N4O2S2. The van der Waals surface area contributed by atoms with Crippen molar-refractivity contribution in [3.63, 3.8) is 0 Å². The van der Waals surface area contributed by atoms with Gasteiger partial charge in [-0.15, -0.1) is 23.5 Å².